The van der Waals surface area contributed by atoms with E-state index in [0.717, 1.165) is 18.2 Å². The Bertz CT molecular complexity index is 130. The van der Waals surface area contributed by atoms with Gasteiger partial charge in [0.1, 0.15) is 0 Å². The van der Waals surface area contributed by atoms with E-state index in [9.17, 15) is 4.79 Å². The van der Waals surface area contributed by atoms with Gasteiger partial charge in [-0.15, -0.1) is 0 Å². The Morgan fingerprint density at radius 1 is 1.67 bits per heavy atom. The molecule has 0 saturated carbocycles. The zero-order valence-electron chi connectivity index (χ0n) is 7.71. The second-order valence-corrected chi connectivity index (χ2v) is 4.62. The van der Waals surface area contributed by atoms with Gasteiger partial charge in [-0.25, -0.2) is 0 Å². The van der Waals surface area contributed by atoms with Crippen molar-refractivity contribution < 1.29 is 9.53 Å². The van der Waals surface area contributed by atoms with Crippen LogP contribution in [0.15, 0.2) is 0 Å². The Balaban J connectivity index is 3.47. The molecule has 0 aromatic rings. The Labute approximate surface area is 80.2 Å². The summed E-state index contributed by atoms with van der Waals surface area (Å²) in [6, 6.07) is -0.404. The minimum absolute atomic E-state index is 0.249. The van der Waals surface area contributed by atoms with Crippen LogP contribution < -0.4 is 5.73 Å². The Morgan fingerprint density at radius 2 is 2.33 bits per heavy atom. The predicted molar refractivity (Wildman–Crippen MR) is 50.3 cm³/mol. The summed E-state index contributed by atoms with van der Waals surface area (Å²) >= 11 is 0.600. The summed E-state index contributed by atoms with van der Waals surface area (Å²) in [6.45, 7) is 2.46. The van der Waals surface area contributed by atoms with E-state index in [4.69, 9.17) is 10.5 Å². The van der Waals surface area contributed by atoms with Crippen LogP contribution in [0.4, 0.5) is 0 Å². The number of nitrogens with two attached hydrogens (primary N) is 1. The number of ether oxygens (including phenoxy) is 1. The molecule has 0 aliphatic heterocycles. The first-order chi connectivity index (χ1) is 5.72. The molecule has 0 rings (SSSR count). The first-order valence-electron chi connectivity index (χ1n) is 4.13. The summed E-state index contributed by atoms with van der Waals surface area (Å²) in [7, 11) is 0. The fourth-order valence-corrected chi connectivity index (χ4v) is 1.70. The number of hydrogen-bond donors (Lipinski definition) is 1. The minimum atomic E-state index is -0.404. The van der Waals surface area contributed by atoms with Crippen molar-refractivity contribution in [2.45, 2.75) is 36.9 Å². The first-order valence-corrected chi connectivity index (χ1v) is 7.06. The molecule has 0 bridgehead atoms. The molecule has 0 amide bonds. The number of esters is 1. The van der Waals surface area contributed by atoms with Gasteiger partial charge in [-0.2, -0.15) is 0 Å². The molecule has 0 unspecified atom stereocenters. The van der Waals surface area contributed by atoms with E-state index >= 15 is 0 Å². The molecule has 3 nitrogen and oxygen atoms in total. The van der Waals surface area contributed by atoms with Gasteiger partial charge in [-0.05, 0) is 0 Å². The standard InChI is InChI=1S/C8H17NO2Se/c1-3-5-11-8(10)7(9)4-6-12-2/h7H,3-6,9H2,1-2H3/t7-/m0/s1. The molecule has 0 saturated heterocycles. The third-order valence-electron chi connectivity index (χ3n) is 1.38. The molecule has 12 heavy (non-hydrogen) atoms. The Kier molecular flexibility index (Phi) is 7.56. The van der Waals surface area contributed by atoms with Crippen LogP contribution in [-0.2, 0) is 9.53 Å². The van der Waals surface area contributed by atoms with Gasteiger partial charge < -0.3 is 0 Å². The second kappa shape index (κ2) is 7.59. The fraction of sp³-hybridized carbons (Fsp3) is 0.875. The molecule has 72 valence electrons. The Morgan fingerprint density at radius 3 is 2.83 bits per heavy atom. The SMILES string of the molecule is CCCOC(=O)[C@@H](N)CC[Se]C. The molecule has 0 aromatic carbocycles. The van der Waals surface area contributed by atoms with Crippen molar-refractivity contribution in [1.82, 2.24) is 0 Å². The van der Waals surface area contributed by atoms with Gasteiger partial charge in [0, 0.05) is 0 Å². The molecule has 0 fully saturated rings. The summed E-state index contributed by atoms with van der Waals surface area (Å²) in [5, 5.41) is 1.05. The van der Waals surface area contributed by atoms with Gasteiger partial charge >= 0.3 is 79.7 Å². The van der Waals surface area contributed by atoms with E-state index in [2.05, 4.69) is 5.82 Å². The van der Waals surface area contributed by atoms with Gasteiger partial charge in [-0.3, -0.25) is 0 Å². The van der Waals surface area contributed by atoms with Gasteiger partial charge in [0.2, 0.25) is 0 Å². The van der Waals surface area contributed by atoms with E-state index in [0.29, 0.717) is 21.6 Å². The topological polar surface area (TPSA) is 52.3 Å². The van der Waals surface area contributed by atoms with E-state index in [1.807, 2.05) is 6.92 Å². The summed E-state index contributed by atoms with van der Waals surface area (Å²) in [4.78, 5) is 11.1. The summed E-state index contributed by atoms with van der Waals surface area (Å²) in [5.41, 5.74) is 5.58. The molecule has 2 N–H and O–H groups in total. The van der Waals surface area contributed by atoms with E-state index in [1.165, 1.54) is 0 Å². The molecule has 4 heteroatoms. The Hall–Kier alpha value is -0.0505. The summed E-state index contributed by atoms with van der Waals surface area (Å²) < 4.78 is 4.89. The molecule has 0 spiro atoms. The van der Waals surface area contributed by atoms with Crippen LogP contribution in [-0.4, -0.2) is 33.6 Å². The van der Waals surface area contributed by atoms with Crippen molar-refractivity contribution in [2.75, 3.05) is 6.61 Å². The van der Waals surface area contributed by atoms with Crippen LogP contribution in [0.2, 0.25) is 11.1 Å². The van der Waals surface area contributed by atoms with Crippen molar-refractivity contribution >= 4 is 20.9 Å². The molecule has 0 heterocycles. The van der Waals surface area contributed by atoms with E-state index in [1.54, 1.807) is 0 Å². The third kappa shape index (κ3) is 5.58. The molecule has 0 aliphatic carbocycles. The molecular formula is C8H17NO2Se. The van der Waals surface area contributed by atoms with Crippen molar-refractivity contribution in [3.8, 4) is 0 Å². The van der Waals surface area contributed by atoms with Crippen molar-refractivity contribution in [2.24, 2.45) is 5.73 Å². The number of carbonyl (C=O) groups excluding carboxylic acids is 1. The van der Waals surface area contributed by atoms with Crippen molar-refractivity contribution in [3.63, 3.8) is 0 Å². The van der Waals surface area contributed by atoms with E-state index in [-0.39, 0.29) is 5.97 Å². The number of carbonyl (C=O) groups is 1. The van der Waals surface area contributed by atoms with Crippen LogP contribution in [0, 0.1) is 0 Å². The fourth-order valence-electron chi connectivity index (χ4n) is 0.672. The van der Waals surface area contributed by atoms with Crippen LogP contribution in [0.1, 0.15) is 19.8 Å². The van der Waals surface area contributed by atoms with Gasteiger partial charge in [0.05, 0.1) is 0 Å². The van der Waals surface area contributed by atoms with Gasteiger partial charge in [0.25, 0.3) is 0 Å². The predicted octanol–water partition coefficient (Wildman–Crippen LogP) is 0.828. The quantitative estimate of drug-likeness (QED) is 0.550. The van der Waals surface area contributed by atoms with Crippen molar-refractivity contribution in [3.05, 3.63) is 0 Å². The summed E-state index contributed by atoms with van der Waals surface area (Å²) in [6.07, 6.45) is 1.62. The monoisotopic (exact) mass is 239 g/mol. The second-order valence-electron chi connectivity index (χ2n) is 2.56. The number of rotatable bonds is 6. The van der Waals surface area contributed by atoms with E-state index < -0.39 is 6.04 Å². The normalized spacial score (nSPS) is 12.6. The molecule has 0 radical (unpaired) electrons. The van der Waals surface area contributed by atoms with Gasteiger partial charge in [-0.1, -0.05) is 0 Å². The van der Waals surface area contributed by atoms with Crippen LogP contribution in [0.3, 0.4) is 0 Å². The maximum atomic E-state index is 11.1. The maximum absolute atomic E-state index is 11.1. The zero-order chi connectivity index (χ0) is 9.40. The third-order valence-corrected chi connectivity index (χ3v) is 2.74. The van der Waals surface area contributed by atoms with Crippen LogP contribution >= 0.6 is 0 Å². The van der Waals surface area contributed by atoms with Gasteiger partial charge in [0.15, 0.2) is 0 Å². The van der Waals surface area contributed by atoms with Crippen LogP contribution in [0.5, 0.6) is 0 Å². The number of hydrogen-bond acceptors (Lipinski definition) is 3. The first kappa shape index (κ1) is 11.9. The molecule has 1 atom stereocenters. The van der Waals surface area contributed by atoms with Crippen LogP contribution in [0.25, 0.3) is 0 Å². The molecule has 0 aromatic heterocycles. The average Bonchev–Trinajstić information content (AvgIpc) is 2.10. The van der Waals surface area contributed by atoms with Crippen molar-refractivity contribution in [1.29, 1.82) is 0 Å². The zero-order valence-corrected chi connectivity index (χ0v) is 9.42. The molecule has 0 aliphatic rings. The molecular weight excluding hydrogens is 221 g/mol. The summed E-state index contributed by atoms with van der Waals surface area (Å²) in [5.74, 6) is 1.89. The average molecular weight is 238 g/mol.